The molecule has 6 nitrogen and oxygen atoms in total. The molecule has 0 saturated heterocycles. The zero-order chi connectivity index (χ0) is 20.5. The van der Waals surface area contributed by atoms with Crippen LogP contribution >= 0.6 is 0 Å². The largest absolute Gasteiger partial charge is 0.482 e. The molecule has 0 aliphatic rings. The monoisotopic (exact) mass is 384 g/mol. The van der Waals surface area contributed by atoms with E-state index in [1.165, 1.54) is 0 Å². The summed E-state index contributed by atoms with van der Waals surface area (Å²) in [6, 6.07) is 14.8. The average molecular weight is 384 g/mol. The number of hydrogen-bond donors (Lipinski definition) is 1. The van der Waals surface area contributed by atoms with E-state index in [9.17, 15) is 9.59 Å². The SMILES string of the molecule is CCOC(=O)COc1cccc(NC(=O)c2ccc(N(CC)C(C)C)cc2)c1. The molecule has 0 bridgehead atoms. The van der Waals surface area contributed by atoms with Gasteiger partial charge in [0.2, 0.25) is 0 Å². The van der Waals surface area contributed by atoms with E-state index in [4.69, 9.17) is 9.47 Å². The summed E-state index contributed by atoms with van der Waals surface area (Å²) in [5.74, 6) is -0.155. The van der Waals surface area contributed by atoms with Crippen LogP contribution in [-0.2, 0) is 9.53 Å². The van der Waals surface area contributed by atoms with Gasteiger partial charge in [0.1, 0.15) is 5.75 Å². The number of esters is 1. The first-order valence-electron chi connectivity index (χ1n) is 9.51. The van der Waals surface area contributed by atoms with Gasteiger partial charge < -0.3 is 19.7 Å². The summed E-state index contributed by atoms with van der Waals surface area (Å²) in [5, 5.41) is 2.85. The molecule has 0 spiro atoms. The first-order chi connectivity index (χ1) is 13.4. The van der Waals surface area contributed by atoms with E-state index < -0.39 is 5.97 Å². The highest BCUT2D eigenvalue weighted by atomic mass is 16.6. The van der Waals surface area contributed by atoms with Gasteiger partial charge in [0.15, 0.2) is 6.61 Å². The lowest BCUT2D eigenvalue weighted by atomic mass is 10.1. The fourth-order valence-corrected chi connectivity index (χ4v) is 2.86. The molecule has 0 fully saturated rings. The van der Waals surface area contributed by atoms with Gasteiger partial charge in [0, 0.05) is 35.6 Å². The first kappa shape index (κ1) is 21.3. The minimum atomic E-state index is -0.431. The molecule has 0 heterocycles. The molecule has 0 aliphatic carbocycles. The van der Waals surface area contributed by atoms with Crippen molar-refractivity contribution in [1.82, 2.24) is 0 Å². The van der Waals surface area contributed by atoms with E-state index in [1.54, 1.807) is 31.2 Å². The first-order valence-corrected chi connectivity index (χ1v) is 9.51. The summed E-state index contributed by atoms with van der Waals surface area (Å²) in [6.45, 7) is 9.17. The number of carbonyl (C=O) groups is 2. The maximum absolute atomic E-state index is 12.5. The van der Waals surface area contributed by atoms with Crippen LogP contribution in [-0.4, -0.2) is 37.7 Å². The van der Waals surface area contributed by atoms with Gasteiger partial charge in [-0.3, -0.25) is 4.79 Å². The van der Waals surface area contributed by atoms with Crippen molar-refractivity contribution >= 4 is 23.3 Å². The van der Waals surface area contributed by atoms with Crippen molar-refractivity contribution in [1.29, 1.82) is 0 Å². The second kappa shape index (κ2) is 10.3. The topological polar surface area (TPSA) is 67.9 Å². The standard InChI is InChI=1S/C22H28N2O4/c1-5-24(16(3)4)19-12-10-17(11-13-19)22(26)23-18-8-7-9-20(14-18)28-15-21(25)27-6-2/h7-14,16H,5-6,15H2,1-4H3,(H,23,26). The summed E-state index contributed by atoms with van der Waals surface area (Å²) in [7, 11) is 0. The van der Waals surface area contributed by atoms with Crippen molar-refractivity contribution in [3.63, 3.8) is 0 Å². The molecule has 0 unspecified atom stereocenters. The summed E-state index contributed by atoms with van der Waals surface area (Å²) in [5.41, 5.74) is 2.25. The van der Waals surface area contributed by atoms with Crippen LogP contribution in [0.3, 0.4) is 0 Å². The Morgan fingerprint density at radius 3 is 2.39 bits per heavy atom. The molecule has 0 aliphatic heterocycles. The quantitative estimate of drug-likeness (QED) is 0.659. The number of nitrogens with one attached hydrogen (secondary N) is 1. The van der Waals surface area contributed by atoms with Gasteiger partial charge in [0.05, 0.1) is 6.61 Å². The minimum absolute atomic E-state index is 0.170. The Morgan fingerprint density at radius 1 is 1.07 bits per heavy atom. The predicted octanol–water partition coefficient (Wildman–Crippen LogP) is 4.12. The Labute approximate surface area is 166 Å². The lowest BCUT2D eigenvalue weighted by Crippen LogP contribution is -2.30. The van der Waals surface area contributed by atoms with Gasteiger partial charge in [-0.25, -0.2) is 4.79 Å². The van der Waals surface area contributed by atoms with E-state index in [2.05, 4.69) is 31.0 Å². The summed E-state index contributed by atoms with van der Waals surface area (Å²) < 4.78 is 10.2. The normalized spacial score (nSPS) is 10.5. The molecule has 0 aromatic heterocycles. The third-order valence-electron chi connectivity index (χ3n) is 4.18. The summed E-state index contributed by atoms with van der Waals surface area (Å²) in [6.07, 6.45) is 0. The Balaban J connectivity index is 2.00. The van der Waals surface area contributed by atoms with Crippen molar-refractivity contribution in [3.05, 3.63) is 54.1 Å². The Bertz CT molecular complexity index is 787. The molecule has 0 radical (unpaired) electrons. The van der Waals surface area contributed by atoms with Gasteiger partial charge in [-0.15, -0.1) is 0 Å². The smallest absolute Gasteiger partial charge is 0.344 e. The molecule has 6 heteroatoms. The summed E-state index contributed by atoms with van der Waals surface area (Å²) in [4.78, 5) is 26.2. The molecule has 28 heavy (non-hydrogen) atoms. The van der Waals surface area contributed by atoms with Crippen LogP contribution in [0.15, 0.2) is 48.5 Å². The molecule has 1 amide bonds. The molecule has 0 saturated carbocycles. The molecule has 2 aromatic rings. The van der Waals surface area contributed by atoms with E-state index in [0.717, 1.165) is 12.2 Å². The number of carbonyl (C=O) groups excluding carboxylic acids is 2. The number of ether oxygens (including phenoxy) is 2. The van der Waals surface area contributed by atoms with Gasteiger partial charge in [-0.2, -0.15) is 0 Å². The van der Waals surface area contributed by atoms with Crippen molar-refractivity contribution in [3.8, 4) is 5.75 Å². The van der Waals surface area contributed by atoms with Crippen molar-refractivity contribution in [2.24, 2.45) is 0 Å². The number of hydrogen-bond acceptors (Lipinski definition) is 5. The third kappa shape index (κ3) is 6.01. The number of benzene rings is 2. The van der Waals surface area contributed by atoms with E-state index in [1.807, 2.05) is 24.3 Å². The molecule has 2 aromatic carbocycles. The van der Waals surface area contributed by atoms with E-state index >= 15 is 0 Å². The zero-order valence-corrected chi connectivity index (χ0v) is 16.9. The van der Waals surface area contributed by atoms with E-state index in [-0.39, 0.29) is 12.5 Å². The van der Waals surface area contributed by atoms with Crippen molar-refractivity contribution in [2.75, 3.05) is 30.0 Å². The fourth-order valence-electron chi connectivity index (χ4n) is 2.86. The van der Waals surface area contributed by atoms with Gasteiger partial charge >= 0.3 is 5.97 Å². The lowest BCUT2D eigenvalue weighted by Gasteiger charge is -2.27. The summed E-state index contributed by atoms with van der Waals surface area (Å²) >= 11 is 0. The molecular weight excluding hydrogens is 356 g/mol. The Hall–Kier alpha value is -3.02. The van der Waals surface area contributed by atoms with Crippen molar-refractivity contribution in [2.45, 2.75) is 33.7 Å². The highest BCUT2D eigenvalue weighted by Crippen LogP contribution is 2.20. The van der Waals surface area contributed by atoms with Crippen LogP contribution < -0.4 is 15.0 Å². The number of amides is 1. The Morgan fingerprint density at radius 2 is 1.79 bits per heavy atom. The molecule has 1 N–H and O–H groups in total. The van der Waals surface area contributed by atoms with Crippen LogP contribution in [0.5, 0.6) is 5.75 Å². The van der Waals surface area contributed by atoms with Crippen molar-refractivity contribution < 1.29 is 19.1 Å². The van der Waals surface area contributed by atoms with Gasteiger partial charge in [-0.1, -0.05) is 6.07 Å². The van der Waals surface area contributed by atoms with Crippen LogP contribution in [0.25, 0.3) is 0 Å². The predicted molar refractivity (Wildman–Crippen MR) is 111 cm³/mol. The maximum atomic E-state index is 12.5. The van der Waals surface area contributed by atoms with Gasteiger partial charge in [-0.05, 0) is 64.1 Å². The van der Waals surface area contributed by atoms with Crippen LogP contribution in [0, 0.1) is 0 Å². The fraction of sp³-hybridized carbons (Fsp3) is 0.364. The molecular formula is C22H28N2O4. The third-order valence-corrected chi connectivity index (χ3v) is 4.18. The van der Waals surface area contributed by atoms with Gasteiger partial charge in [0.25, 0.3) is 5.91 Å². The van der Waals surface area contributed by atoms with Crippen LogP contribution in [0.4, 0.5) is 11.4 Å². The second-order valence-electron chi connectivity index (χ2n) is 6.50. The lowest BCUT2D eigenvalue weighted by molar-refractivity contribution is -0.145. The Kier molecular flexibility index (Phi) is 7.87. The highest BCUT2D eigenvalue weighted by molar-refractivity contribution is 6.04. The highest BCUT2D eigenvalue weighted by Gasteiger charge is 2.11. The molecule has 2 rings (SSSR count). The minimum Gasteiger partial charge on any atom is -0.482 e. The molecule has 0 atom stereocenters. The second-order valence-corrected chi connectivity index (χ2v) is 6.50. The number of anilines is 2. The number of nitrogens with zero attached hydrogens (tertiary/aromatic N) is 1. The van der Waals surface area contributed by atoms with Crippen LogP contribution in [0.1, 0.15) is 38.1 Å². The number of rotatable bonds is 9. The molecule has 150 valence electrons. The van der Waals surface area contributed by atoms with Crippen LogP contribution in [0.2, 0.25) is 0 Å². The van der Waals surface area contributed by atoms with E-state index in [0.29, 0.717) is 29.6 Å². The average Bonchev–Trinajstić information content (AvgIpc) is 2.68. The maximum Gasteiger partial charge on any atom is 0.344 e. The zero-order valence-electron chi connectivity index (χ0n) is 16.9.